The Balaban J connectivity index is 0.747. The molecule has 7 heterocycles. The topological polar surface area (TPSA) is 165 Å². The molecule has 4 saturated heterocycles. The van der Waals surface area contributed by atoms with E-state index in [9.17, 15) is 18.9 Å². The fraction of sp³-hybridized carbons (Fsp3) is 0.423. The molecule has 2 aromatic heterocycles. The van der Waals surface area contributed by atoms with Crippen LogP contribution in [0.5, 0.6) is 5.75 Å². The van der Waals surface area contributed by atoms with Gasteiger partial charge in [-0.15, -0.1) is 0 Å². The Hall–Kier alpha value is -5.97. The molecule has 1 unspecified atom stereocenters. The molecule has 5 aliphatic rings. The average molecular weight is 1050 g/mol. The number of benzene rings is 3. The SMILES string of the molecule is CCc1cc(Nc2ncc(Br)c(Nc3ccc4nc(C)ccc4c3P3(=O)CC=CC3)n2)c(OC)cc1N1CCC(N2CCN(C(=O)[C@@H]3CCN(c4cc(F)c(C5CCC(=O)NC5=O)c(F)c4)C3)CC2)CC1. The molecule has 0 saturated carbocycles. The van der Waals surface area contributed by atoms with Crippen LogP contribution < -0.4 is 35.8 Å². The third-order valence-electron chi connectivity index (χ3n) is 14.9. The third-order valence-corrected chi connectivity index (χ3v) is 18.4. The number of ether oxygens (including phenoxy) is 1. The van der Waals surface area contributed by atoms with Gasteiger partial charge in [-0.25, -0.2) is 13.8 Å². The maximum Gasteiger partial charge on any atom is 0.234 e. The summed E-state index contributed by atoms with van der Waals surface area (Å²) < 4.78 is 51.7. The monoisotopic (exact) mass is 1050 g/mol. The number of amides is 3. The molecular weight excluding hydrogens is 994 g/mol. The van der Waals surface area contributed by atoms with E-state index in [1.165, 1.54) is 17.7 Å². The molecule has 0 bridgehead atoms. The number of imide groups is 1. The number of piperazine rings is 1. The minimum absolute atomic E-state index is 0.0262. The number of hydrogen-bond donors (Lipinski definition) is 3. The van der Waals surface area contributed by atoms with Gasteiger partial charge >= 0.3 is 0 Å². The summed E-state index contributed by atoms with van der Waals surface area (Å²) in [7, 11) is -1.10. The summed E-state index contributed by atoms with van der Waals surface area (Å²) >= 11 is 3.64. The highest BCUT2D eigenvalue weighted by Gasteiger charge is 2.38. The molecule has 0 aliphatic carbocycles. The number of rotatable bonds is 12. The largest absolute Gasteiger partial charge is 0.494 e. The predicted octanol–water partition coefficient (Wildman–Crippen LogP) is 8.15. The van der Waals surface area contributed by atoms with Gasteiger partial charge in [0.05, 0.1) is 40.3 Å². The molecule has 10 rings (SSSR count). The fourth-order valence-electron chi connectivity index (χ4n) is 11.1. The van der Waals surface area contributed by atoms with Crippen molar-refractivity contribution < 1.29 is 32.5 Å². The Morgan fingerprint density at radius 1 is 0.887 bits per heavy atom. The van der Waals surface area contributed by atoms with E-state index in [1.54, 1.807) is 13.3 Å². The van der Waals surface area contributed by atoms with Crippen LogP contribution in [0.4, 0.5) is 43.3 Å². The predicted molar refractivity (Wildman–Crippen MR) is 276 cm³/mol. The summed E-state index contributed by atoms with van der Waals surface area (Å²) in [5.74, 6) is -2.48. The van der Waals surface area contributed by atoms with Crippen LogP contribution in [-0.4, -0.2) is 120 Å². The fourth-order valence-corrected chi connectivity index (χ4v) is 14.1. The molecule has 19 heteroatoms. The first-order valence-corrected chi connectivity index (χ1v) is 27.4. The Morgan fingerprint density at radius 2 is 1.62 bits per heavy atom. The van der Waals surface area contributed by atoms with Crippen molar-refractivity contribution in [2.75, 3.05) is 92.2 Å². The van der Waals surface area contributed by atoms with Gasteiger partial charge in [-0.2, -0.15) is 4.98 Å². The molecule has 5 aromatic rings. The molecule has 3 amide bonds. The van der Waals surface area contributed by atoms with Crippen molar-refractivity contribution in [1.29, 1.82) is 0 Å². The van der Waals surface area contributed by atoms with Crippen LogP contribution >= 0.6 is 23.1 Å². The highest BCUT2D eigenvalue weighted by molar-refractivity contribution is 9.10. The van der Waals surface area contributed by atoms with E-state index in [0.717, 1.165) is 84.4 Å². The molecule has 372 valence electrons. The van der Waals surface area contributed by atoms with Crippen LogP contribution in [0.2, 0.25) is 0 Å². The molecule has 15 nitrogen and oxygen atoms in total. The number of aromatic nitrogens is 3. The normalized spacial score (nSPS) is 20.7. The number of nitrogens with zero attached hydrogens (tertiary/aromatic N) is 7. The summed E-state index contributed by atoms with van der Waals surface area (Å²) in [6, 6.07) is 14.9. The number of fused-ring (bicyclic) bond motifs is 1. The van der Waals surface area contributed by atoms with E-state index >= 15 is 8.78 Å². The average Bonchev–Trinajstić information content (AvgIpc) is 4.05. The van der Waals surface area contributed by atoms with E-state index in [-0.39, 0.29) is 30.2 Å². The van der Waals surface area contributed by atoms with Crippen LogP contribution in [0.1, 0.15) is 61.8 Å². The summed E-state index contributed by atoms with van der Waals surface area (Å²) in [5, 5.41) is 10.7. The first kappa shape index (κ1) is 48.6. The van der Waals surface area contributed by atoms with E-state index in [1.807, 2.05) is 53.1 Å². The molecule has 0 radical (unpaired) electrons. The second-order valence-corrected chi connectivity index (χ2v) is 23.0. The Bertz CT molecular complexity index is 2960. The molecule has 3 aromatic carbocycles. The maximum atomic E-state index is 15.3. The lowest BCUT2D eigenvalue weighted by molar-refractivity contribution is -0.137. The number of pyridine rings is 1. The van der Waals surface area contributed by atoms with E-state index in [4.69, 9.17) is 14.7 Å². The summed E-state index contributed by atoms with van der Waals surface area (Å²) in [5.41, 5.74) is 5.49. The Morgan fingerprint density at radius 3 is 2.32 bits per heavy atom. The number of halogens is 3. The van der Waals surface area contributed by atoms with Crippen molar-refractivity contribution in [3.8, 4) is 5.75 Å². The molecular formula is C52H58BrF2N10O5P. The van der Waals surface area contributed by atoms with Gasteiger partial charge in [0.1, 0.15) is 30.3 Å². The molecule has 5 aliphatic heterocycles. The highest BCUT2D eigenvalue weighted by atomic mass is 79.9. The molecule has 71 heavy (non-hydrogen) atoms. The van der Waals surface area contributed by atoms with Crippen molar-refractivity contribution in [1.82, 2.24) is 30.1 Å². The van der Waals surface area contributed by atoms with Crippen molar-refractivity contribution >= 4 is 91.5 Å². The second kappa shape index (κ2) is 20.3. The number of hydrogen-bond acceptors (Lipinski definition) is 13. The number of aryl methyl sites for hydroxylation is 2. The first-order chi connectivity index (χ1) is 34.3. The molecule has 0 spiro atoms. The van der Waals surface area contributed by atoms with Gasteiger partial charge in [0.25, 0.3) is 0 Å². The number of piperidine rings is 2. The molecule has 4 fully saturated rings. The van der Waals surface area contributed by atoms with Gasteiger partial charge < -0.3 is 34.6 Å². The Kier molecular flexibility index (Phi) is 13.9. The smallest absolute Gasteiger partial charge is 0.234 e. The van der Waals surface area contributed by atoms with Crippen molar-refractivity contribution in [2.45, 2.75) is 64.3 Å². The summed E-state index contributed by atoms with van der Waals surface area (Å²) in [4.78, 5) is 60.7. The van der Waals surface area contributed by atoms with E-state index in [0.29, 0.717) is 78.6 Å². The van der Waals surface area contributed by atoms with Crippen molar-refractivity contribution in [3.05, 3.63) is 99.8 Å². The van der Waals surface area contributed by atoms with Crippen LogP contribution in [-0.2, 0) is 25.4 Å². The van der Waals surface area contributed by atoms with E-state index in [2.05, 4.69) is 65.7 Å². The van der Waals surface area contributed by atoms with Crippen LogP contribution in [0.25, 0.3) is 10.9 Å². The van der Waals surface area contributed by atoms with Gasteiger partial charge in [-0.05, 0) is 96.9 Å². The first-order valence-electron chi connectivity index (χ1n) is 24.6. The Labute approximate surface area is 420 Å². The zero-order valence-electron chi connectivity index (χ0n) is 40.1. The minimum atomic E-state index is -2.77. The lowest BCUT2D eigenvalue weighted by atomic mass is 9.89. The summed E-state index contributed by atoms with van der Waals surface area (Å²) in [6.07, 6.45) is 10.1. The third kappa shape index (κ3) is 9.87. The lowest BCUT2D eigenvalue weighted by Crippen LogP contribution is -2.55. The minimum Gasteiger partial charge on any atom is -0.494 e. The number of nitrogens with one attached hydrogen (secondary N) is 3. The van der Waals surface area contributed by atoms with Crippen LogP contribution in [0.15, 0.2) is 71.4 Å². The summed E-state index contributed by atoms with van der Waals surface area (Å²) in [6.45, 7) is 9.54. The molecule has 2 atom stereocenters. The maximum absolute atomic E-state index is 15.3. The van der Waals surface area contributed by atoms with Crippen LogP contribution in [0.3, 0.4) is 0 Å². The quantitative estimate of drug-likeness (QED) is 0.0624. The van der Waals surface area contributed by atoms with Gasteiger partial charge in [0.15, 0.2) is 0 Å². The molecule has 3 N–H and O–H groups in total. The zero-order valence-corrected chi connectivity index (χ0v) is 42.6. The van der Waals surface area contributed by atoms with Crippen LogP contribution in [0, 0.1) is 24.5 Å². The van der Waals surface area contributed by atoms with Gasteiger partial charge in [0, 0.05) is 123 Å². The number of methoxy groups -OCH3 is 1. The van der Waals surface area contributed by atoms with Crippen molar-refractivity contribution in [3.63, 3.8) is 0 Å². The number of carbonyl (C=O) groups is 3. The standard InChI is InChI=1S/C52H58BrF2N10O5P/c1-4-32-25-43(59-52-56-29-38(53)49(61-52)58-42-11-10-41-36(8-7-31(2)57-41)48(42)71(69)23-5-6-24-71)45(70-3)28-44(32)63-17-14-34(15-18-63)62-19-21-64(22-20-62)51(68)33-13-16-65(30-33)35-26-39(54)47(40(55)27-35)37-9-12-46(66)60-50(37)67/h5-8,10-11,25-29,33-34,37H,4,9,12-24,30H2,1-3H3,(H,60,66,67)(H2,56,58,59,61)/t33-,37?/m1/s1. The number of allylic oxidation sites excluding steroid dienone is 2. The zero-order chi connectivity index (χ0) is 49.6. The number of anilines is 6. The van der Waals surface area contributed by atoms with Gasteiger partial charge in [0.2, 0.25) is 23.7 Å². The van der Waals surface area contributed by atoms with Crippen molar-refractivity contribution in [2.24, 2.45) is 5.92 Å². The number of carbonyl (C=O) groups excluding carboxylic acids is 3. The van der Waals surface area contributed by atoms with Gasteiger partial charge in [-0.3, -0.25) is 29.6 Å². The lowest BCUT2D eigenvalue weighted by Gasteiger charge is -2.44. The second-order valence-electron chi connectivity index (χ2n) is 19.2. The van der Waals surface area contributed by atoms with E-state index < -0.39 is 36.5 Å². The van der Waals surface area contributed by atoms with Gasteiger partial charge in [-0.1, -0.05) is 25.1 Å². The highest BCUT2D eigenvalue weighted by Crippen LogP contribution is 2.52.